The average Bonchev–Trinajstić information content (AvgIpc) is 2.17. The number of carbonyl (C=O) groups is 1. The first kappa shape index (κ1) is 11.0. The van der Waals surface area contributed by atoms with Crippen LogP contribution in [0.4, 0.5) is 11.4 Å². The molecule has 0 spiro atoms. The van der Waals surface area contributed by atoms with E-state index in [9.17, 15) is 14.9 Å². The van der Waals surface area contributed by atoms with Crippen molar-refractivity contribution < 1.29 is 14.8 Å². The summed E-state index contributed by atoms with van der Waals surface area (Å²) in [7, 11) is 0. The van der Waals surface area contributed by atoms with Crippen LogP contribution in [0, 0.1) is 10.1 Å². The summed E-state index contributed by atoms with van der Waals surface area (Å²) in [6.45, 7) is 2.28. The predicted molar refractivity (Wildman–Crippen MR) is 54.2 cm³/mol. The van der Waals surface area contributed by atoms with Crippen molar-refractivity contribution in [3.05, 3.63) is 33.9 Å². The fraction of sp³-hybridized carbons (Fsp3) is 0.222. The Balaban J connectivity index is 3.20. The molecule has 0 saturated heterocycles. The Kier molecular flexibility index (Phi) is 3.22. The molecule has 0 aliphatic rings. The topological polar surface area (TPSA) is 92.5 Å². The van der Waals surface area contributed by atoms with E-state index in [1.807, 2.05) is 0 Å². The van der Waals surface area contributed by atoms with E-state index in [4.69, 9.17) is 5.11 Å². The molecule has 1 aromatic rings. The second kappa shape index (κ2) is 4.41. The molecule has 0 heterocycles. The lowest BCUT2D eigenvalue weighted by atomic mass is 10.1. The number of hydrogen-bond donors (Lipinski definition) is 2. The highest BCUT2D eigenvalue weighted by Crippen LogP contribution is 2.22. The number of carboxylic acids is 1. The Labute approximate surface area is 85.7 Å². The lowest BCUT2D eigenvalue weighted by Gasteiger charge is -2.06. The molecule has 0 atom stereocenters. The van der Waals surface area contributed by atoms with E-state index in [0.717, 1.165) is 0 Å². The minimum atomic E-state index is -1.11. The lowest BCUT2D eigenvalue weighted by Crippen LogP contribution is -2.06. The molecule has 0 amide bonds. The summed E-state index contributed by atoms with van der Waals surface area (Å²) in [6.07, 6.45) is 0. The number of rotatable bonds is 4. The number of nitrogens with zero attached hydrogens (tertiary/aromatic N) is 1. The normalized spacial score (nSPS) is 9.67. The van der Waals surface area contributed by atoms with Crippen LogP contribution < -0.4 is 5.32 Å². The van der Waals surface area contributed by atoms with Crippen LogP contribution in [0.15, 0.2) is 18.2 Å². The summed E-state index contributed by atoms with van der Waals surface area (Å²) >= 11 is 0. The van der Waals surface area contributed by atoms with E-state index in [-0.39, 0.29) is 16.9 Å². The zero-order valence-corrected chi connectivity index (χ0v) is 8.06. The average molecular weight is 210 g/mol. The number of nitrogens with one attached hydrogen (secondary N) is 1. The molecule has 15 heavy (non-hydrogen) atoms. The van der Waals surface area contributed by atoms with Crippen molar-refractivity contribution in [3.8, 4) is 0 Å². The zero-order chi connectivity index (χ0) is 11.4. The molecule has 2 N–H and O–H groups in total. The molecular formula is C9H10N2O4. The van der Waals surface area contributed by atoms with Gasteiger partial charge in [0.05, 0.1) is 16.2 Å². The van der Waals surface area contributed by atoms with Gasteiger partial charge in [-0.15, -0.1) is 0 Å². The molecule has 0 radical (unpaired) electrons. The first-order valence-electron chi connectivity index (χ1n) is 4.32. The van der Waals surface area contributed by atoms with Crippen LogP contribution in [0.3, 0.4) is 0 Å². The van der Waals surface area contributed by atoms with Crippen LogP contribution >= 0.6 is 0 Å². The van der Waals surface area contributed by atoms with Crippen molar-refractivity contribution in [1.29, 1.82) is 0 Å². The van der Waals surface area contributed by atoms with E-state index in [2.05, 4.69) is 5.32 Å². The van der Waals surface area contributed by atoms with Crippen molar-refractivity contribution in [2.24, 2.45) is 0 Å². The van der Waals surface area contributed by atoms with Gasteiger partial charge in [-0.3, -0.25) is 10.1 Å². The fourth-order valence-electron chi connectivity index (χ4n) is 1.17. The van der Waals surface area contributed by atoms with Crippen LogP contribution in [0.5, 0.6) is 0 Å². The SMILES string of the molecule is CCNc1cc([N+](=O)[O-])ccc1C(=O)O. The molecule has 0 aliphatic heterocycles. The largest absolute Gasteiger partial charge is 0.478 e. The van der Waals surface area contributed by atoms with Gasteiger partial charge in [0.2, 0.25) is 0 Å². The maximum absolute atomic E-state index is 10.8. The molecule has 0 fully saturated rings. The van der Waals surface area contributed by atoms with Crippen molar-refractivity contribution in [3.63, 3.8) is 0 Å². The zero-order valence-electron chi connectivity index (χ0n) is 8.06. The molecule has 80 valence electrons. The summed E-state index contributed by atoms with van der Waals surface area (Å²) in [5.41, 5.74) is 0.164. The highest BCUT2D eigenvalue weighted by Gasteiger charge is 2.14. The Morgan fingerprint density at radius 3 is 2.73 bits per heavy atom. The van der Waals surface area contributed by atoms with Gasteiger partial charge in [-0.2, -0.15) is 0 Å². The van der Waals surface area contributed by atoms with Gasteiger partial charge >= 0.3 is 5.97 Å². The van der Waals surface area contributed by atoms with E-state index in [1.165, 1.54) is 18.2 Å². The highest BCUT2D eigenvalue weighted by atomic mass is 16.6. The number of carboxylic acid groups (broad SMARTS) is 1. The minimum Gasteiger partial charge on any atom is -0.478 e. The summed E-state index contributed by atoms with van der Waals surface area (Å²) < 4.78 is 0. The minimum absolute atomic E-state index is 0.0300. The Hall–Kier alpha value is -2.11. The number of nitro groups is 1. The van der Waals surface area contributed by atoms with Crippen LogP contribution in [0.1, 0.15) is 17.3 Å². The number of non-ortho nitro benzene ring substituents is 1. The van der Waals surface area contributed by atoms with Gasteiger partial charge in [0.15, 0.2) is 0 Å². The van der Waals surface area contributed by atoms with Crippen LogP contribution in [0.2, 0.25) is 0 Å². The molecule has 0 saturated carbocycles. The molecule has 1 aromatic carbocycles. The molecule has 0 aliphatic carbocycles. The smallest absolute Gasteiger partial charge is 0.337 e. The van der Waals surface area contributed by atoms with Crippen molar-refractivity contribution >= 4 is 17.3 Å². The lowest BCUT2D eigenvalue weighted by molar-refractivity contribution is -0.384. The standard InChI is InChI=1S/C9H10N2O4/c1-2-10-8-5-6(11(14)15)3-4-7(8)9(12)13/h3-5,10H,2H2,1H3,(H,12,13). The van der Waals surface area contributed by atoms with Gasteiger partial charge in [-0.1, -0.05) is 0 Å². The Bertz CT molecular complexity index is 403. The number of anilines is 1. The molecule has 0 aromatic heterocycles. The van der Waals surface area contributed by atoms with Gasteiger partial charge in [-0.25, -0.2) is 4.79 Å². The second-order valence-corrected chi connectivity index (χ2v) is 2.82. The van der Waals surface area contributed by atoms with Crippen molar-refractivity contribution in [2.75, 3.05) is 11.9 Å². The first-order chi connectivity index (χ1) is 7.06. The third-order valence-electron chi connectivity index (χ3n) is 1.81. The number of benzene rings is 1. The summed E-state index contributed by atoms with van der Waals surface area (Å²) in [6, 6.07) is 3.61. The Morgan fingerprint density at radius 2 is 2.27 bits per heavy atom. The molecule has 0 unspecified atom stereocenters. The predicted octanol–water partition coefficient (Wildman–Crippen LogP) is 1.72. The van der Waals surface area contributed by atoms with Gasteiger partial charge in [0.25, 0.3) is 5.69 Å². The van der Waals surface area contributed by atoms with Crippen molar-refractivity contribution in [2.45, 2.75) is 6.92 Å². The number of aromatic carboxylic acids is 1. The maximum Gasteiger partial charge on any atom is 0.337 e. The van der Waals surface area contributed by atoms with Crippen LogP contribution in [-0.2, 0) is 0 Å². The van der Waals surface area contributed by atoms with Gasteiger partial charge in [-0.05, 0) is 13.0 Å². The molecule has 1 rings (SSSR count). The highest BCUT2D eigenvalue weighted by molar-refractivity contribution is 5.94. The monoisotopic (exact) mass is 210 g/mol. The second-order valence-electron chi connectivity index (χ2n) is 2.82. The van der Waals surface area contributed by atoms with Crippen LogP contribution in [-0.4, -0.2) is 22.5 Å². The third kappa shape index (κ3) is 2.43. The van der Waals surface area contributed by atoms with E-state index < -0.39 is 10.9 Å². The molecule has 6 heteroatoms. The van der Waals surface area contributed by atoms with E-state index >= 15 is 0 Å². The quantitative estimate of drug-likeness (QED) is 0.583. The van der Waals surface area contributed by atoms with Gasteiger partial charge < -0.3 is 10.4 Å². The fourth-order valence-corrected chi connectivity index (χ4v) is 1.17. The summed E-state index contributed by atoms with van der Waals surface area (Å²) in [5, 5.41) is 22.0. The van der Waals surface area contributed by atoms with Gasteiger partial charge in [0.1, 0.15) is 0 Å². The third-order valence-corrected chi connectivity index (χ3v) is 1.81. The number of hydrogen-bond acceptors (Lipinski definition) is 4. The van der Waals surface area contributed by atoms with E-state index in [0.29, 0.717) is 6.54 Å². The molecule has 0 bridgehead atoms. The number of nitro benzene ring substituents is 1. The maximum atomic E-state index is 10.8. The van der Waals surface area contributed by atoms with Crippen molar-refractivity contribution in [1.82, 2.24) is 0 Å². The summed E-state index contributed by atoms with van der Waals surface area (Å²) in [5.74, 6) is -1.11. The Morgan fingerprint density at radius 1 is 1.60 bits per heavy atom. The first-order valence-corrected chi connectivity index (χ1v) is 4.32. The summed E-state index contributed by atoms with van der Waals surface area (Å²) in [4.78, 5) is 20.7. The van der Waals surface area contributed by atoms with E-state index in [1.54, 1.807) is 6.92 Å². The van der Waals surface area contributed by atoms with Gasteiger partial charge in [0, 0.05) is 18.7 Å². The molecular weight excluding hydrogens is 200 g/mol. The van der Waals surface area contributed by atoms with Crippen LogP contribution in [0.25, 0.3) is 0 Å². The molecule has 6 nitrogen and oxygen atoms in total.